The van der Waals surface area contributed by atoms with Crippen molar-refractivity contribution in [1.29, 1.82) is 0 Å². The van der Waals surface area contributed by atoms with E-state index < -0.39 is 4.92 Å². The van der Waals surface area contributed by atoms with Crippen molar-refractivity contribution in [1.82, 2.24) is 20.1 Å². The van der Waals surface area contributed by atoms with E-state index in [-0.39, 0.29) is 24.3 Å². The van der Waals surface area contributed by atoms with Crippen molar-refractivity contribution in [2.75, 3.05) is 0 Å². The number of hydrogen-bond acceptors (Lipinski definition) is 6. The van der Waals surface area contributed by atoms with Crippen LogP contribution in [0.3, 0.4) is 0 Å². The number of rotatable bonds is 8. The minimum Gasteiger partial charge on any atom is -0.489 e. The number of hydrogen-bond donors (Lipinski definition) is 1. The maximum absolute atomic E-state index is 12.1. The van der Waals surface area contributed by atoms with Crippen molar-refractivity contribution in [2.45, 2.75) is 26.1 Å². The van der Waals surface area contributed by atoms with E-state index >= 15 is 0 Å². The van der Waals surface area contributed by atoms with Gasteiger partial charge in [0.1, 0.15) is 18.9 Å². The third-order valence-electron chi connectivity index (χ3n) is 4.01. The van der Waals surface area contributed by atoms with Crippen molar-refractivity contribution in [2.24, 2.45) is 0 Å². The highest BCUT2D eigenvalue weighted by Gasteiger charge is 2.15. The fraction of sp³-hybridized carbons (Fsp3) is 0.211. The SMILES string of the molecule is CC(NC(=O)Cn1ccc([N+](=O)[O-])n1)c1ccc(OCc2cccnc2)cc1. The second-order valence-corrected chi connectivity index (χ2v) is 6.14. The number of nitro groups is 1. The summed E-state index contributed by atoms with van der Waals surface area (Å²) >= 11 is 0. The van der Waals surface area contributed by atoms with Gasteiger partial charge in [-0.05, 0) is 35.6 Å². The van der Waals surface area contributed by atoms with Gasteiger partial charge in [-0.15, -0.1) is 0 Å². The maximum Gasteiger partial charge on any atom is 0.389 e. The normalized spacial score (nSPS) is 11.6. The summed E-state index contributed by atoms with van der Waals surface area (Å²) in [4.78, 5) is 26.2. The number of aromatic nitrogens is 3. The fourth-order valence-corrected chi connectivity index (χ4v) is 2.56. The van der Waals surface area contributed by atoms with E-state index in [1.54, 1.807) is 12.4 Å². The molecular formula is C19H19N5O4. The lowest BCUT2D eigenvalue weighted by Crippen LogP contribution is -2.30. The van der Waals surface area contributed by atoms with E-state index in [2.05, 4.69) is 15.4 Å². The lowest BCUT2D eigenvalue weighted by atomic mass is 10.1. The molecule has 1 aromatic carbocycles. The van der Waals surface area contributed by atoms with Gasteiger partial charge in [0.25, 0.3) is 0 Å². The first-order valence-corrected chi connectivity index (χ1v) is 8.60. The van der Waals surface area contributed by atoms with E-state index in [1.165, 1.54) is 16.9 Å². The zero-order valence-electron chi connectivity index (χ0n) is 15.2. The summed E-state index contributed by atoms with van der Waals surface area (Å²) in [6.45, 7) is 2.19. The van der Waals surface area contributed by atoms with Gasteiger partial charge < -0.3 is 20.2 Å². The number of amides is 1. The Kier molecular flexibility index (Phi) is 5.95. The molecule has 0 aliphatic heterocycles. The standard InChI is InChI=1S/C19H19N5O4/c1-14(21-19(25)12-23-10-8-18(22-23)24(26)27)16-4-6-17(7-5-16)28-13-15-3-2-9-20-11-15/h2-11,14H,12-13H2,1H3,(H,21,25). The molecule has 0 bridgehead atoms. The Hall–Kier alpha value is -3.75. The number of carbonyl (C=O) groups is 1. The van der Waals surface area contributed by atoms with Crippen LogP contribution in [0.1, 0.15) is 24.1 Å². The van der Waals surface area contributed by atoms with Crippen LogP contribution < -0.4 is 10.1 Å². The largest absolute Gasteiger partial charge is 0.489 e. The molecule has 0 spiro atoms. The van der Waals surface area contributed by atoms with Gasteiger partial charge >= 0.3 is 5.82 Å². The molecule has 0 saturated carbocycles. The Labute approximate surface area is 161 Å². The highest BCUT2D eigenvalue weighted by molar-refractivity contribution is 5.76. The minimum atomic E-state index is -0.602. The van der Waals surface area contributed by atoms with Gasteiger partial charge in [-0.1, -0.05) is 18.2 Å². The first-order chi connectivity index (χ1) is 13.5. The molecule has 0 saturated heterocycles. The fourth-order valence-electron chi connectivity index (χ4n) is 2.56. The molecule has 0 aliphatic rings. The summed E-state index contributed by atoms with van der Waals surface area (Å²) < 4.78 is 6.95. The van der Waals surface area contributed by atoms with Crippen LogP contribution in [0.4, 0.5) is 5.82 Å². The van der Waals surface area contributed by atoms with Gasteiger partial charge in [0.15, 0.2) is 0 Å². The summed E-state index contributed by atoms with van der Waals surface area (Å²) in [5, 5.41) is 17.2. The molecule has 2 aromatic heterocycles. The predicted octanol–water partition coefficient (Wildman–Crippen LogP) is 2.64. The van der Waals surface area contributed by atoms with Gasteiger partial charge in [-0.2, -0.15) is 4.68 Å². The highest BCUT2D eigenvalue weighted by atomic mass is 16.6. The molecule has 3 rings (SSSR count). The Morgan fingerprint density at radius 3 is 2.71 bits per heavy atom. The van der Waals surface area contributed by atoms with Crippen molar-refractivity contribution in [3.63, 3.8) is 0 Å². The summed E-state index contributed by atoms with van der Waals surface area (Å²) in [6, 6.07) is 12.2. The van der Waals surface area contributed by atoms with Gasteiger partial charge in [0, 0.05) is 18.0 Å². The molecule has 9 heteroatoms. The number of carbonyl (C=O) groups excluding carboxylic acids is 1. The molecule has 28 heavy (non-hydrogen) atoms. The van der Waals surface area contributed by atoms with Crippen molar-refractivity contribution < 1.29 is 14.5 Å². The van der Waals surface area contributed by atoms with Crippen LogP contribution in [0.25, 0.3) is 0 Å². The molecule has 3 aromatic rings. The Morgan fingerprint density at radius 1 is 1.29 bits per heavy atom. The summed E-state index contributed by atoms with van der Waals surface area (Å²) in [6.07, 6.45) is 4.86. The van der Waals surface area contributed by atoms with Gasteiger partial charge in [-0.25, -0.2) is 0 Å². The van der Waals surface area contributed by atoms with Crippen LogP contribution in [0.15, 0.2) is 61.1 Å². The molecule has 0 aliphatic carbocycles. The predicted molar refractivity (Wildman–Crippen MR) is 100 cm³/mol. The van der Waals surface area contributed by atoms with Crippen molar-refractivity contribution in [3.8, 4) is 5.75 Å². The molecule has 9 nitrogen and oxygen atoms in total. The average molecular weight is 381 g/mol. The number of ether oxygens (including phenoxy) is 1. The van der Waals surface area contributed by atoms with E-state index in [9.17, 15) is 14.9 Å². The molecule has 1 atom stereocenters. The second kappa shape index (κ2) is 8.76. The van der Waals surface area contributed by atoms with Gasteiger partial charge in [0.05, 0.1) is 23.4 Å². The van der Waals surface area contributed by atoms with E-state index in [4.69, 9.17) is 4.74 Å². The Morgan fingerprint density at radius 2 is 2.07 bits per heavy atom. The van der Waals surface area contributed by atoms with Crippen LogP contribution in [-0.2, 0) is 17.9 Å². The molecule has 144 valence electrons. The lowest BCUT2D eigenvalue weighted by Gasteiger charge is -2.14. The van der Waals surface area contributed by atoms with E-state index in [0.29, 0.717) is 6.61 Å². The van der Waals surface area contributed by atoms with Crippen molar-refractivity contribution >= 4 is 11.7 Å². The van der Waals surface area contributed by atoms with Crippen LogP contribution in [0.5, 0.6) is 5.75 Å². The number of nitrogens with zero attached hydrogens (tertiary/aromatic N) is 4. The maximum atomic E-state index is 12.1. The van der Waals surface area contributed by atoms with Gasteiger partial charge in [0.2, 0.25) is 5.91 Å². The van der Waals surface area contributed by atoms with E-state index in [0.717, 1.165) is 16.9 Å². The smallest absolute Gasteiger partial charge is 0.389 e. The van der Waals surface area contributed by atoms with Crippen molar-refractivity contribution in [3.05, 3.63) is 82.3 Å². The quantitative estimate of drug-likeness (QED) is 0.474. The number of nitrogens with one attached hydrogen (secondary N) is 1. The number of benzene rings is 1. The molecule has 1 unspecified atom stereocenters. The van der Waals surface area contributed by atoms with Crippen LogP contribution in [0.2, 0.25) is 0 Å². The molecule has 2 heterocycles. The topological polar surface area (TPSA) is 112 Å². The van der Waals surface area contributed by atoms with Crippen LogP contribution in [-0.4, -0.2) is 25.6 Å². The third-order valence-corrected chi connectivity index (χ3v) is 4.01. The summed E-state index contributed by atoms with van der Waals surface area (Å²) in [5.74, 6) is 0.139. The zero-order chi connectivity index (χ0) is 19.9. The number of pyridine rings is 1. The van der Waals surface area contributed by atoms with Gasteiger partial charge in [-0.3, -0.25) is 9.78 Å². The molecular weight excluding hydrogens is 362 g/mol. The minimum absolute atomic E-state index is 0.0928. The zero-order valence-corrected chi connectivity index (χ0v) is 15.2. The third kappa shape index (κ3) is 5.13. The Balaban J connectivity index is 1.51. The highest BCUT2D eigenvalue weighted by Crippen LogP contribution is 2.18. The van der Waals surface area contributed by atoms with Crippen LogP contribution >= 0.6 is 0 Å². The monoisotopic (exact) mass is 381 g/mol. The van der Waals surface area contributed by atoms with Crippen LogP contribution in [0, 0.1) is 10.1 Å². The average Bonchev–Trinajstić information content (AvgIpc) is 3.16. The molecule has 0 radical (unpaired) electrons. The second-order valence-electron chi connectivity index (χ2n) is 6.14. The first-order valence-electron chi connectivity index (χ1n) is 8.60. The lowest BCUT2D eigenvalue weighted by molar-refractivity contribution is -0.389. The van der Waals surface area contributed by atoms with E-state index in [1.807, 2.05) is 43.3 Å². The first kappa shape index (κ1) is 19.0. The summed E-state index contributed by atoms with van der Waals surface area (Å²) in [5.41, 5.74) is 1.89. The molecule has 1 N–H and O–H groups in total. The summed E-state index contributed by atoms with van der Waals surface area (Å²) in [7, 11) is 0. The molecule has 0 fully saturated rings. The molecule has 1 amide bonds. The Bertz CT molecular complexity index is 940.